The first-order valence-corrected chi connectivity index (χ1v) is 11.1. The van der Waals surface area contributed by atoms with Gasteiger partial charge in [0.25, 0.3) is 5.91 Å². The number of nitrogens with zero attached hydrogens (tertiary/aromatic N) is 1. The molecule has 4 N–H and O–H groups in total. The number of hydrogen-bond acceptors (Lipinski definition) is 4. The number of aliphatic hydroxyl groups excluding tert-OH is 1. The summed E-state index contributed by atoms with van der Waals surface area (Å²) in [5.74, 6) is 1.30. The normalized spacial score (nSPS) is 11.6. The molecule has 32 heavy (non-hydrogen) atoms. The Labute approximate surface area is 208 Å². The number of nitrogens with one attached hydrogen (secondary N) is 3. The van der Waals surface area contributed by atoms with Gasteiger partial charge < -0.3 is 25.5 Å². The number of carbonyl (C=O) groups is 1. The van der Waals surface area contributed by atoms with Crippen LogP contribution in [0.1, 0.15) is 61.7 Å². The Balaban J connectivity index is 0.00000512. The molecule has 0 aliphatic rings. The largest absolute Gasteiger partial charge is 0.467 e. The van der Waals surface area contributed by atoms with Gasteiger partial charge in [-0.1, -0.05) is 26.0 Å². The molecule has 8 heteroatoms. The van der Waals surface area contributed by atoms with E-state index in [1.54, 1.807) is 18.4 Å². The summed E-state index contributed by atoms with van der Waals surface area (Å²) in [5, 5.41) is 19.0. The summed E-state index contributed by atoms with van der Waals surface area (Å²) in [5.41, 5.74) is 1.60. The Kier molecular flexibility index (Phi) is 13.0. The van der Waals surface area contributed by atoms with Crippen LogP contribution in [0.25, 0.3) is 0 Å². The topological polar surface area (TPSA) is 98.9 Å². The van der Waals surface area contributed by atoms with Crippen LogP contribution in [-0.4, -0.2) is 36.7 Å². The summed E-state index contributed by atoms with van der Waals surface area (Å²) in [7, 11) is 0. The maximum Gasteiger partial charge on any atom is 0.251 e. The predicted octanol–water partition coefficient (Wildman–Crippen LogP) is 4.07. The van der Waals surface area contributed by atoms with Gasteiger partial charge in [-0.25, -0.2) is 4.99 Å². The molecule has 0 atom stereocenters. The van der Waals surface area contributed by atoms with Crippen molar-refractivity contribution < 1.29 is 14.3 Å². The van der Waals surface area contributed by atoms with Crippen LogP contribution in [-0.2, 0) is 13.1 Å². The number of benzene rings is 1. The van der Waals surface area contributed by atoms with Crippen molar-refractivity contribution in [1.29, 1.82) is 0 Å². The summed E-state index contributed by atoms with van der Waals surface area (Å²) in [6.07, 6.45) is 4.34. The van der Waals surface area contributed by atoms with E-state index in [4.69, 9.17) is 4.42 Å². The molecule has 1 aromatic heterocycles. The molecule has 2 aromatic rings. The van der Waals surface area contributed by atoms with Crippen LogP contribution in [0.4, 0.5) is 0 Å². The van der Waals surface area contributed by atoms with E-state index in [1.807, 2.05) is 31.2 Å². The zero-order valence-electron chi connectivity index (χ0n) is 19.3. The van der Waals surface area contributed by atoms with E-state index in [2.05, 4.69) is 34.8 Å². The molecule has 178 valence electrons. The highest BCUT2D eigenvalue weighted by Gasteiger charge is 2.25. The number of amides is 1. The lowest BCUT2D eigenvalue weighted by Crippen LogP contribution is -2.43. The molecule has 1 amide bonds. The number of guanidine groups is 1. The molecular formula is C24H37IN4O3. The third kappa shape index (κ3) is 8.82. The van der Waals surface area contributed by atoms with E-state index in [-0.39, 0.29) is 41.9 Å². The number of furan rings is 1. The van der Waals surface area contributed by atoms with E-state index < -0.39 is 0 Å². The predicted molar refractivity (Wildman–Crippen MR) is 139 cm³/mol. The highest BCUT2D eigenvalue weighted by molar-refractivity contribution is 14.0. The van der Waals surface area contributed by atoms with Crippen molar-refractivity contribution in [3.05, 3.63) is 59.5 Å². The Morgan fingerprint density at radius 2 is 1.88 bits per heavy atom. The molecule has 0 spiro atoms. The number of rotatable bonds is 12. The zero-order valence-corrected chi connectivity index (χ0v) is 21.6. The molecule has 2 rings (SSSR count). The van der Waals surface area contributed by atoms with E-state index in [9.17, 15) is 9.90 Å². The third-order valence-corrected chi connectivity index (χ3v) is 5.73. The van der Waals surface area contributed by atoms with Gasteiger partial charge >= 0.3 is 0 Å². The van der Waals surface area contributed by atoms with Gasteiger partial charge in [-0.2, -0.15) is 0 Å². The van der Waals surface area contributed by atoms with Crippen LogP contribution in [0, 0.1) is 5.41 Å². The third-order valence-electron chi connectivity index (χ3n) is 5.73. The van der Waals surface area contributed by atoms with Crippen molar-refractivity contribution >= 4 is 35.8 Å². The molecule has 0 unspecified atom stereocenters. The summed E-state index contributed by atoms with van der Waals surface area (Å²) >= 11 is 0. The van der Waals surface area contributed by atoms with Crippen molar-refractivity contribution in [2.75, 3.05) is 19.7 Å². The zero-order chi connectivity index (χ0) is 22.5. The fourth-order valence-corrected chi connectivity index (χ4v) is 3.46. The lowest BCUT2D eigenvalue weighted by atomic mass is 9.79. The fraction of sp³-hybridized carbons (Fsp3) is 0.500. The fourth-order valence-electron chi connectivity index (χ4n) is 3.46. The second kappa shape index (κ2) is 14.9. The van der Waals surface area contributed by atoms with E-state index in [1.165, 1.54) is 0 Å². The molecule has 0 saturated carbocycles. The monoisotopic (exact) mass is 556 g/mol. The number of hydrogen-bond donors (Lipinski definition) is 4. The van der Waals surface area contributed by atoms with E-state index >= 15 is 0 Å². The number of carbonyl (C=O) groups excluding carboxylic acids is 1. The van der Waals surface area contributed by atoms with Crippen molar-refractivity contribution in [3.8, 4) is 0 Å². The van der Waals surface area contributed by atoms with Crippen LogP contribution < -0.4 is 16.0 Å². The second-order valence-corrected chi connectivity index (χ2v) is 7.69. The summed E-state index contributed by atoms with van der Waals surface area (Å²) in [6, 6.07) is 11.1. The van der Waals surface area contributed by atoms with Crippen LogP contribution in [0.5, 0.6) is 0 Å². The minimum atomic E-state index is -0.146. The molecule has 0 aliphatic heterocycles. The van der Waals surface area contributed by atoms with Gasteiger partial charge in [-0.3, -0.25) is 4.79 Å². The van der Waals surface area contributed by atoms with E-state index in [0.29, 0.717) is 24.4 Å². The van der Waals surface area contributed by atoms with Crippen molar-refractivity contribution in [2.24, 2.45) is 10.4 Å². The van der Waals surface area contributed by atoms with Gasteiger partial charge in [0.1, 0.15) is 5.76 Å². The van der Waals surface area contributed by atoms with Gasteiger partial charge in [0.15, 0.2) is 5.96 Å². The number of aliphatic hydroxyl groups is 1. The van der Waals surface area contributed by atoms with Gasteiger partial charge in [0.05, 0.1) is 19.4 Å². The Bertz CT molecular complexity index is 820. The van der Waals surface area contributed by atoms with Gasteiger partial charge in [0, 0.05) is 25.3 Å². The van der Waals surface area contributed by atoms with Crippen LogP contribution >= 0.6 is 24.0 Å². The molecule has 7 nitrogen and oxygen atoms in total. The molecule has 1 aromatic carbocycles. The average molecular weight is 556 g/mol. The smallest absolute Gasteiger partial charge is 0.251 e. The molecule has 0 aliphatic carbocycles. The lowest BCUT2D eigenvalue weighted by molar-refractivity contribution is 0.0948. The van der Waals surface area contributed by atoms with Crippen LogP contribution in [0.2, 0.25) is 0 Å². The number of halogens is 1. The maximum absolute atomic E-state index is 12.4. The minimum absolute atomic E-state index is 0. The van der Waals surface area contributed by atoms with E-state index in [0.717, 1.165) is 43.9 Å². The summed E-state index contributed by atoms with van der Waals surface area (Å²) < 4.78 is 5.25. The first-order valence-electron chi connectivity index (χ1n) is 11.1. The lowest BCUT2D eigenvalue weighted by Gasteiger charge is -2.32. The summed E-state index contributed by atoms with van der Waals surface area (Å²) in [6.45, 7) is 8.86. The Hall–Kier alpha value is -2.07. The van der Waals surface area contributed by atoms with Gasteiger partial charge in [-0.05, 0) is 61.4 Å². The SMILES string of the molecule is CCNC(=NCc1cccc(C(=O)NCc2ccco2)c1)NCC(CC)(CC)CCO.I. The molecule has 0 saturated heterocycles. The minimum Gasteiger partial charge on any atom is -0.467 e. The second-order valence-electron chi connectivity index (χ2n) is 7.69. The summed E-state index contributed by atoms with van der Waals surface area (Å²) in [4.78, 5) is 17.1. The highest BCUT2D eigenvalue weighted by Crippen LogP contribution is 2.29. The molecule has 0 fully saturated rings. The van der Waals surface area contributed by atoms with Crippen LogP contribution in [0.15, 0.2) is 52.1 Å². The standard InChI is InChI=1S/C24H36N4O3.HI/c1-4-24(5-2,12-13-29)18-28-23(25-6-3)27-16-19-9-7-10-20(15-19)22(30)26-17-21-11-8-14-31-21;/h7-11,14-15,29H,4-6,12-13,16-18H2,1-3H3,(H,26,30)(H2,25,27,28);1H. The van der Waals surface area contributed by atoms with Crippen molar-refractivity contribution in [1.82, 2.24) is 16.0 Å². The van der Waals surface area contributed by atoms with Crippen molar-refractivity contribution in [3.63, 3.8) is 0 Å². The highest BCUT2D eigenvalue weighted by atomic mass is 127. The Morgan fingerprint density at radius 1 is 1.09 bits per heavy atom. The van der Waals surface area contributed by atoms with Crippen molar-refractivity contribution in [2.45, 2.75) is 53.1 Å². The molecule has 0 radical (unpaired) electrons. The van der Waals surface area contributed by atoms with Gasteiger partial charge in [-0.15, -0.1) is 24.0 Å². The Morgan fingerprint density at radius 3 is 2.50 bits per heavy atom. The first kappa shape index (κ1) is 28.0. The molecule has 0 bridgehead atoms. The molecule has 1 heterocycles. The van der Waals surface area contributed by atoms with Crippen LogP contribution in [0.3, 0.4) is 0 Å². The first-order chi connectivity index (χ1) is 15.1. The van der Waals surface area contributed by atoms with Gasteiger partial charge in [0.2, 0.25) is 0 Å². The number of aliphatic imine (C=N–C) groups is 1. The maximum atomic E-state index is 12.4. The quantitative estimate of drug-likeness (QED) is 0.180. The molecular weight excluding hydrogens is 519 g/mol. The average Bonchev–Trinajstić information content (AvgIpc) is 3.32.